The normalized spacial score (nSPS) is 16.2. The van der Waals surface area contributed by atoms with Gasteiger partial charge in [0.05, 0.1) is 17.9 Å². The molecule has 188 valence electrons. The smallest absolute Gasteiger partial charge is 0.269 e. The molecule has 1 fully saturated rings. The summed E-state index contributed by atoms with van der Waals surface area (Å²) in [6.07, 6.45) is 3.91. The Balaban J connectivity index is 1.16. The van der Waals surface area contributed by atoms with Crippen LogP contribution in [0.4, 0.5) is 5.69 Å². The van der Waals surface area contributed by atoms with Gasteiger partial charge in [0.2, 0.25) is 0 Å². The van der Waals surface area contributed by atoms with Crippen LogP contribution in [0.1, 0.15) is 46.7 Å². The van der Waals surface area contributed by atoms with Crippen molar-refractivity contribution < 1.29 is 4.74 Å². The van der Waals surface area contributed by atoms with Gasteiger partial charge in [-0.15, -0.1) is 0 Å². The van der Waals surface area contributed by atoms with Crippen molar-refractivity contribution in [3.05, 3.63) is 123 Å². The number of hydrogen-bond donors (Lipinski definition) is 1. The van der Waals surface area contributed by atoms with E-state index < -0.39 is 0 Å². The Morgan fingerprint density at radius 2 is 1.57 bits per heavy atom. The average molecular weight is 493 g/mol. The number of rotatable bonds is 6. The molecule has 0 atom stereocenters. The maximum absolute atomic E-state index is 12.1. The number of nitrogens with zero attached hydrogens (tertiary/aromatic N) is 3. The van der Waals surface area contributed by atoms with E-state index in [1.807, 2.05) is 6.92 Å². The van der Waals surface area contributed by atoms with E-state index in [2.05, 4.69) is 98.9 Å². The quantitative estimate of drug-likeness (QED) is 0.399. The maximum Gasteiger partial charge on any atom is 0.269 e. The molecule has 0 bridgehead atoms. The number of ether oxygens (including phenoxy) is 1. The zero-order valence-electron chi connectivity index (χ0n) is 21.1. The van der Waals surface area contributed by atoms with Crippen molar-refractivity contribution in [1.29, 1.82) is 0 Å². The van der Waals surface area contributed by atoms with Gasteiger partial charge in [-0.25, -0.2) is 5.10 Å². The van der Waals surface area contributed by atoms with Crippen molar-refractivity contribution in [3.63, 3.8) is 0 Å². The van der Waals surface area contributed by atoms with E-state index in [9.17, 15) is 4.79 Å². The molecule has 1 saturated heterocycles. The third kappa shape index (κ3) is 4.77. The SMILES string of the molecule is Cc1c(N2Cc3cccc(OC4CCN(C(c5ccccc5)c5ccccc5)CC4)c3C2)cn[nH]c1=O. The molecule has 1 N–H and O–H groups in total. The zero-order valence-corrected chi connectivity index (χ0v) is 21.1. The van der Waals surface area contributed by atoms with Crippen molar-refractivity contribution in [1.82, 2.24) is 15.1 Å². The van der Waals surface area contributed by atoms with Crippen LogP contribution in [0, 0.1) is 6.92 Å². The Hall–Kier alpha value is -3.90. The largest absolute Gasteiger partial charge is 0.490 e. The topological polar surface area (TPSA) is 61.5 Å². The van der Waals surface area contributed by atoms with Crippen LogP contribution in [0.5, 0.6) is 5.75 Å². The predicted octanol–water partition coefficient (Wildman–Crippen LogP) is 5.23. The molecule has 3 heterocycles. The number of aromatic nitrogens is 2. The number of fused-ring (bicyclic) bond motifs is 1. The third-order valence-electron chi connectivity index (χ3n) is 7.72. The van der Waals surface area contributed by atoms with Gasteiger partial charge in [0, 0.05) is 37.3 Å². The lowest BCUT2D eigenvalue weighted by molar-refractivity contribution is 0.0841. The molecular formula is C31H32N4O2. The second-order valence-electron chi connectivity index (χ2n) is 10.0. The fourth-order valence-electron chi connectivity index (χ4n) is 5.76. The van der Waals surface area contributed by atoms with Crippen molar-refractivity contribution in [2.75, 3.05) is 18.0 Å². The summed E-state index contributed by atoms with van der Waals surface area (Å²) in [5.74, 6) is 0.969. The van der Waals surface area contributed by atoms with E-state index in [4.69, 9.17) is 4.74 Å². The first-order chi connectivity index (χ1) is 18.2. The highest BCUT2D eigenvalue weighted by molar-refractivity contribution is 5.57. The van der Waals surface area contributed by atoms with Gasteiger partial charge in [0.15, 0.2) is 0 Å². The van der Waals surface area contributed by atoms with Gasteiger partial charge in [-0.3, -0.25) is 9.69 Å². The van der Waals surface area contributed by atoms with Crippen molar-refractivity contribution >= 4 is 5.69 Å². The van der Waals surface area contributed by atoms with Crippen LogP contribution in [-0.2, 0) is 13.1 Å². The maximum atomic E-state index is 12.1. The van der Waals surface area contributed by atoms with Crippen LogP contribution >= 0.6 is 0 Å². The van der Waals surface area contributed by atoms with Crippen LogP contribution in [-0.4, -0.2) is 34.3 Å². The molecule has 1 aromatic heterocycles. The first-order valence-corrected chi connectivity index (χ1v) is 13.1. The van der Waals surface area contributed by atoms with Crippen molar-refractivity contribution in [2.24, 2.45) is 0 Å². The molecule has 0 unspecified atom stereocenters. The highest BCUT2D eigenvalue weighted by atomic mass is 16.5. The van der Waals surface area contributed by atoms with Gasteiger partial charge in [-0.05, 0) is 42.5 Å². The molecule has 0 aliphatic carbocycles. The summed E-state index contributed by atoms with van der Waals surface area (Å²) in [6.45, 7) is 5.30. The molecule has 2 aliphatic rings. The lowest BCUT2D eigenvalue weighted by Gasteiger charge is -2.38. The molecule has 2 aliphatic heterocycles. The van der Waals surface area contributed by atoms with Crippen LogP contribution < -0.4 is 15.2 Å². The Morgan fingerprint density at radius 1 is 0.892 bits per heavy atom. The van der Waals surface area contributed by atoms with Crippen LogP contribution in [0.25, 0.3) is 0 Å². The van der Waals surface area contributed by atoms with Crippen LogP contribution in [0.2, 0.25) is 0 Å². The number of aromatic amines is 1. The van der Waals surface area contributed by atoms with Gasteiger partial charge < -0.3 is 9.64 Å². The number of H-pyrrole nitrogens is 1. The fourth-order valence-corrected chi connectivity index (χ4v) is 5.76. The Morgan fingerprint density at radius 3 is 2.24 bits per heavy atom. The van der Waals surface area contributed by atoms with E-state index in [1.165, 1.54) is 22.3 Å². The number of piperidine rings is 1. The Bertz CT molecular complexity index is 1370. The summed E-state index contributed by atoms with van der Waals surface area (Å²) in [5, 5.41) is 6.54. The van der Waals surface area contributed by atoms with Crippen LogP contribution in [0.3, 0.4) is 0 Å². The zero-order chi connectivity index (χ0) is 25.2. The third-order valence-corrected chi connectivity index (χ3v) is 7.72. The van der Waals surface area contributed by atoms with Gasteiger partial charge in [0.25, 0.3) is 5.56 Å². The summed E-state index contributed by atoms with van der Waals surface area (Å²) in [5.41, 5.74) is 6.58. The summed E-state index contributed by atoms with van der Waals surface area (Å²) in [7, 11) is 0. The molecule has 4 aromatic rings. The molecule has 3 aromatic carbocycles. The first-order valence-electron chi connectivity index (χ1n) is 13.1. The monoisotopic (exact) mass is 492 g/mol. The molecular weight excluding hydrogens is 460 g/mol. The number of hydrogen-bond acceptors (Lipinski definition) is 5. The van der Waals surface area contributed by atoms with Gasteiger partial charge >= 0.3 is 0 Å². The highest BCUT2D eigenvalue weighted by Crippen LogP contribution is 2.36. The molecule has 0 radical (unpaired) electrons. The number of likely N-dealkylation sites (tertiary alicyclic amines) is 1. The minimum Gasteiger partial charge on any atom is -0.490 e. The minimum absolute atomic E-state index is 0.138. The molecule has 6 heteroatoms. The molecule has 6 rings (SSSR count). The second kappa shape index (κ2) is 10.2. The molecule has 0 spiro atoms. The average Bonchev–Trinajstić information content (AvgIpc) is 3.38. The predicted molar refractivity (Wildman–Crippen MR) is 146 cm³/mol. The van der Waals surface area contributed by atoms with E-state index >= 15 is 0 Å². The van der Waals surface area contributed by atoms with Crippen LogP contribution in [0.15, 0.2) is 89.9 Å². The Kier molecular flexibility index (Phi) is 6.49. The van der Waals surface area contributed by atoms with E-state index in [1.54, 1.807) is 6.20 Å². The van der Waals surface area contributed by atoms with Crippen molar-refractivity contribution in [2.45, 2.75) is 45.0 Å². The van der Waals surface area contributed by atoms with E-state index in [0.29, 0.717) is 5.56 Å². The van der Waals surface area contributed by atoms with Gasteiger partial charge in [-0.1, -0.05) is 72.8 Å². The number of benzene rings is 3. The van der Waals surface area contributed by atoms with Gasteiger partial charge in [-0.2, -0.15) is 5.10 Å². The summed E-state index contributed by atoms with van der Waals surface area (Å²) >= 11 is 0. The molecule has 37 heavy (non-hydrogen) atoms. The van der Waals surface area contributed by atoms with Crippen molar-refractivity contribution in [3.8, 4) is 5.75 Å². The summed E-state index contributed by atoms with van der Waals surface area (Å²) < 4.78 is 6.64. The Labute approximate surface area is 217 Å². The lowest BCUT2D eigenvalue weighted by atomic mass is 9.94. The lowest BCUT2D eigenvalue weighted by Crippen LogP contribution is -2.40. The highest BCUT2D eigenvalue weighted by Gasteiger charge is 2.30. The minimum atomic E-state index is -0.138. The van der Waals surface area contributed by atoms with E-state index in [0.717, 1.165) is 50.5 Å². The number of anilines is 1. The standard InChI is InChI=1S/C31H32N4O2/c1-22-28(19-32-33-31(22)36)35-20-25-13-8-14-29(27(25)21-35)37-26-15-17-34(18-16-26)30(23-9-4-2-5-10-23)24-11-6-3-7-12-24/h2-14,19,26,30H,15-18,20-21H2,1H3,(H,33,36). The molecule has 0 saturated carbocycles. The number of nitrogens with one attached hydrogen (secondary N) is 1. The first kappa shape index (κ1) is 23.5. The van der Waals surface area contributed by atoms with E-state index in [-0.39, 0.29) is 17.7 Å². The second-order valence-corrected chi connectivity index (χ2v) is 10.0. The summed E-state index contributed by atoms with van der Waals surface area (Å²) in [4.78, 5) is 16.9. The molecule has 0 amide bonds. The molecule has 6 nitrogen and oxygen atoms in total. The summed E-state index contributed by atoms with van der Waals surface area (Å²) in [6, 6.07) is 28.2. The fraction of sp³-hybridized carbons (Fsp3) is 0.290. The van der Waals surface area contributed by atoms with Gasteiger partial charge in [0.1, 0.15) is 11.9 Å².